The molecule has 5 heteroatoms. The number of amides is 1. The Morgan fingerprint density at radius 2 is 2.16 bits per heavy atom. The average molecular weight is 267 g/mol. The molecule has 1 rings (SSSR count). The van der Waals surface area contributed by atoms with Crippen LogP contribution in [0.15, 0.2) is 24.3 Å². The smallest absolute Gasteiger partial charge is 0.233 e. The zero-order valence-electron chi connectivity index (χ0n) is 11.4. The van der Waals surface area contributed by atoms with Gasteiger partial charge in [-0.2, -0.15) is 0 Å². The molecule has 1 aromatic rings. The lowest BCUT2D eigenvalue weighted by Crippen LogP contribution is -2.29. The third kappa shape index (κ3) is 6.88. The van der Waals surface area contributed by atoms with Crippen LogP contribution in [-0.4, -0.2) is 24.4 Å². The Bertz CT molecular complexity index is 398. The molecular formula is C14H22FN3O. The summed E-state index contributed by atoms with van der Waals surface area (Å²) in [4.78, 5) is 13.1. The first-order valence-electron chi connectivity index (χ1n) is 6.54. The predicted molar refractivity (Wildman–Crippen MR) is 73.5 cm³/mol. The monoisotopic (exact) mass is 267 g/mol. The number of carbonyl (C=O) groups is 1. The fourth-order valence-electron chi connectivity index (χ4n) is 1.94. The highest BCUT2D eigenvalue weighted by Gasteiger charge is 2.02. The summed E-state index contributed by atoms with van der Waals surface area (Å²) < 4.78 is 13.0. The zero-order valence-corrected chi connectivity index (χ0v) is 11.4. The van der Waals surface area contributed by atoms with Gasteiger partial charge in [0, 0.05) is 13.0 Å². The van der Waals surface area contributed by atoms with Gasteiger partial charge in [0.05, 0.1) is 0 Å². The fraction of sp³-hybridized carbons (Fsp3) is 0.500. The van der Waals surface area contributed by atoms with Gasteiger partial charge in [0.15, 0.2) is 0 Å². The lowest BCUT2D eigenvalue weighted by atomic mass is 10.1. The molecule has 0 bridgehead atoms. The van der Waals surface area contributed by atoms with Crippen LogP contribution in [0.25, 0.3) is 0 Å². The van der Waals surface area contributed by atoms with Crippen LogP contribution in [0.1, 0.15) is 31.2 Å². The molecule has 0 saturated heterocycles. The molecule has 0 radical (unpaired) electrons. The van der Waals surface area contributed by atoms with Gasteiger partial charge in [-0.1, -0.05) is 18.6 Å². The quantitative estimate of drug-likeness (QED) is 0.327. The highest BCUT2D eigenvalue weighted by Crippen LogP contribution is 2.07. The minimum atomic E-state index is -0.196. The van der Waals surface area contributed by atoms with E-state index in [1.54, 1.807) is 12.1 Å². The number of unbranched alkanes of at least 4 members (excludes halogenated alkanes) is 2. The number of hydrogen-bond acceptors (Lipinski definition) is 3. The average Bonchev–Trinajstić information content (AvgIpc) is 2.38. The lowest BCUT2D eigenvalue weighted by molar-refractivity contribution is -0.121. The van der Waals surface area contributed by atoms with Gasteiger partial charge in [-0.15, -0.1) is 0 Å². The second-order valence-electron chi connectivity index (χ2n) is 4.75. The van der Waals surface area contributed by atoms with Gasteiger partial charge in [0.2, 0.25) is 5.91 Å². The first-order chi connectivity index (χ1) is 9.11. The van der Waals surface area contributed by atoms with E-state index in [4.69, 9.17) is 5.84 Å². The number of carbonyl (C=O) groups excluding carboxylic acids is 1. The van der Waals surface area contributed by atoms with Crippen molar-refractivity contribution in [3.05, 3.63) is 35.6 Å². The van der Waals surface area contributed by atoms with Crippen molar-refractivity contribution in [1.29, 1.82) is 0 Å². The van der Waals surface area contributed by atoms with Crippen molar-refractivity contribution in [3.8, 4) is 0 Å². The number of rotatable bonds is 8. The highest BCUT2D eigenvalue weighted by molar-refractivity contribution is 5.74. The Morgan fingerprint density at radius 1 is 1.37 bits per heavy atom. The van der Waals surface area contributed by atoms with E-state index in [1.165, 1.54) is 6.07 Å². The molecule has 4 nitrogen and oxygen atoms in total. The van der Waals surface area contributed by atoms with E-state index >= 15 is 0 Å². The Morgan fingerprint density at radius 3 is 2.84 bits per heavy atom. The molecule has 0 aromatic heterocycles. The molecule has 0 fully saturated rings. The molecule has 1 amide bonds. The molecule has 0 atom stereocenters. The second-order valence-corrected chi connectivity index (χ2v) is 4.75. The van der Waals surface area contributed by atoms with Crippen LogP contribution in [0, 0.1) is 5.82 Å². The van der Waals surface area contributed by atoms with Crippen LogP contribution in [0.3, 0.4) is 0 Å². The summed E-state index contributed by atoms with van der Waals surface area (Å²) in [6, 6.07) is 6.66. The maximum atomic E-state index is 13.0. The van der Waals surface area contributed by atoms with E-state index in [0.29, 0.717) is 6.42 Å². The molecule has 0 aliphatic carbocycles. The number of nitrogens with two attached hydrogens (primary N) is 1. The summed E-state index contributed by atoms with van der Waals surface area (Å²) in [5.74, 6) is 4.68. The van der Waals surface area contributed by atoms with Crippen LogP contribution in [-0.2, 0) is 11.3 Å². The SMILES string of the molecule is CN(CCCCCC(=O)NN)Cc1cccc(F)c1. The highest BCUT2D eigenvalue weighted by atomic mass is 19.1. The van der Waals surface area contributed by atoms with Crippen molar-refractivity contribution >= 4 is 5.91 Å². The molecule has 0 spiro atoms. The molecular weight excluding hydrogens is 245 g/mol. The molecule has 106 valence electrons. The number of nitrogens with zero attached hydrogens (tertiary/aromatic N) is 1. The first-order valence-corrected chi connectivity index (χ1v) is 6.54. The van der Waals surface area contributed by atoms with E-state index in [1.807, 2.05) is 13.1 Å². The summed E-state index contributed by atoms with van der Waals surface area (Å²) in [5, 5.41) is 0. The standard InChI is InChI=1S/C14H22FN3O/c1-18(9-4-2-3-8-14(19)17-16)11-12-6-5-7-13(15)10-12/h5-7,10H,2-4,8-9,11,16H2,1H3,(H,17,19). The van der Waals surface area contributed by atoms with E-state index < -0.39 is 0 Å². The third-order valence-electron chi connectivity index (χ3n) is 2.95. The fourth-order valence-corrected chi connectivity index (χ4v) is 1.94. The maximum absolute atomic E-state index is 13.0. The molecule has 0 aliphatic rings. The summed E-state index contributed by atoms with van der Waals surface area (Å²) >= 11 is 0. The zero-order chi connectivity index (χ0) is 14.1. The topological polar surface area (TPSA) is 58.4 Å². The van der Waals surface area contributed by atoms with Gasteiger partial charge < -0.3 is 4.90 Å². The summed E-state index contributed by atoms with van der Waals surface area (Å²) in [7, 11) is 2.01. The van der Waals surface area contributed by atoms with Crippen molar-refractivity contribution < 1.29 is 9.18 Å². The Kier molecular flexibility index (Phi) is 7.07. The largest absolute Gasteiger partial charge is 0.302 e. The molecule has 0 saturated carbocycles. The first kappa shape index (κ1) is 15.6. The minimum Gasteiger partial charge on any atom is -0.302 e. The third-order valence-corrected chi connectivity index (χ3v) is 2.95. The van der Waals surface area contributed by atoms with Gasteiger partial charge in [0.25, 0.3) is 0 Å². The van der Waals surface area contributed by atoms with Crippen LogP contribution in [0.2, 0.25) is 0 Å². The van der Waals surface area contributed by atoms with Gasteiger partial charge in [-0.05, 0) is 44.1 Å². The Hall–Kier alpha value is -1.46. The van der Waals surface area contributed by atoms with Crippen LogP contribution >= 0.6 is 0 Å². The molecule has 0 heterocycles. The van der Waals surface area contributed by atoms with Crippen LogP contribution in [0.5, 0.6) is 0 Å². The number of hydrazine groups is 1. The van der Waals surface area contributed by atoms with Gasteiger partial charge in [0.1, 0.15) is 5.82 Å². The summed E-state index contributed by atoms with van der Waals surface area (Å²) in [6.45, 7) is 1.67. The van der Waals surface area contributed by atoms with E-state index in [9.17, 15) is 9.18 Å². The summed E-state index contributed by atoms with van der Waals surface area (Å²) in [6.07, 6.45) is 3.32. The van der Waals surface area contributed by atoms with Crippen molar-refractivity contribution in [2.24, 2.45) is 5.84 Å². The lowest BCUT2D eigenvalue weighted by Gasteiger charge is -2.16. The van der Waals surface area contributed by atoms with E-state index in [-0.39, 0.29) is 11.7 Å². The van der Waals surface area contributed by atoms with Crippen molar-refractivity contribution in [2.45, 2.75) is 32.2 Å². The Labute approximate surface area is 113 Å². The number of halogens is 1. The van der Waals surface area contributed by atoms with E-state index in [2.05, 4.69) is 10.3 Å². The number of nitrogens with one attached hydrogen (secondary N) is 1. The van der Waals surface area contributed by atoms with Gasteiger partial charge >= 0.3 is 0 Å². The number of benzene rings is 1. The summed E-state index contributed by atoms with van der Waals surface area (Å²) in [5.41, 5.74) is 3.09. The van der Waals surface area contributed by atoms with Crippen molar-refractivity contribution in [2.75, 3.05) is 13.6 Å². The second kappa shape index (κ2) is 8.61. The minimum absolute atomic E-state index is 0.117. The van der Waals surface area contributed by atoms with E-state index in [0.717, 1.165) is 37.9 Å². The van der Waals surface area contributed by atoms with Gasteiger partial charge in [-0.3, -0.25) is 10.2 Å². The molecule has 0 aliphatic heterocycles. The van der Waals surface area contributed by atoms with Gasteiger partial charge in [-0.25, -0.2) is 10.2 Å². The normalized spacial score (nSPS) is 10.7. The van der Waals surface area contributed by atoms with Crippen molar-refractivity contribution in [3.63, 3.8) is 0 Å². The molecule has 1 aromatic carbocycles. The predicted octanol–water partition coefficient (Wildman–Crippen LogP) is 1.81. The molecule has 19 heavy (non-hydrogen) atoms. The van der Waals surface area contributed by atoms with Crippen LogP contribution in [0.4, 0.5) is 4.39 Å². The molecule has 3 N–H and O–H groups in total. The van der Waals surface area contributed by atoms with Crippen molar-refractivity contribution in [1.82, 2.24) is 10.3 Å². The number of hydrogen-bond donors (Lipinski definition) is 2. The Balaban J connectivity index is 2.14. The van der Waals surface area contributed by atoms with Crippen LogP contribution < -0.4 is 11.3 Å². The molecule has 0 unspecified atom stereocenters. The maximum Gasteiger partial charge on any atom is 0.233 e.